The van der Waals surface area contributed by atoms with E-state index in [9.17, 15) is 4.79 Å². The molecule has 29 heavy (non-hydrogen) atoms. The summed E-state index contributed by atoms with van der Waals surface area (Å²) in [5, 5.41) is 6.79. The molecule has 0 radical (unpaired) electrons. The van der Waals surface area contributed by atoms with E-state index in [1.54, 1.807) is 12.3 Å². The lowest BCUT2D eigenvalue weighted by atomic mass is 10.0. The summed E-state index contributed by atoms with van der Waals surface area (Å²) in [7, 11) is 0. The standard InChI is InChI=1S/C24H20ClN3O/c1-16-14-19(17(2)28(16)23-13-6-5-12-22(23)25)15-26-27-24(29)21-11-7-9-18-8-3-4-10-20(18)21/h3-15H,1-2H3,(H,27,29)/b26-15-. The van der Waals surface area contributed by atoms with Gasteiger partial charge in [0.1, 0.15) is 0 Å². The number of hydrogen-bond donors (Lipinski definition) is 1. The summed E-state index contributed by atoms with van der Waals surface area (Å²) in [4.78, 5) is 12.6. The second-order valence-corrected chi connectivity index (χ2v) is 7.25. The lowest BCUT2D eigenvalue weighted by Gasteiger charge is -2.11. The molecule has 0 aliphatic heterocycles. The van der Waals surface area contributed by atoms with E-state index >= 15 is 0 Å². The predicted octanol–water partition coefficient (Wildman–Crippen LogP) is 5.66. The first-order valence-electron chi connectivity index (χ1n) is 9.31. The van der Waals surface area contributed by atoms with Gasteiger partial charge in [0.05, 0.1) is 16.9 Å². The Bertz CT molecular complexity index is 1230. The van der Waals surface area contributed by atoms with Crippen molar-refractivity contribution >= 4 is 34.5 Å². The van der Waals surface area contributed by atoms with Crippen LogP contribution in [0.25, 0.3) is 16.5 Å². The number of nitrogens with zero attached hydrogens (tertiary/aromatic N) is 2. The van der Waals surface area contributed by atoms with Crippen LogP contribution in [0.3, 0.4) is 0 Å². The van der Waals surface area contributed by atoms with Crippen molar-refractivity contribution in [1.82, 2.24) is 9.99 Å². The number of nitrogens with one attached hydrogen (secondary N) is 1. The fourth-order valence-corrected chi connectivity index (χ4v) is 3.79. The smallest absolute Gasteiger partial charge is 0.271 e. The quantitative estimate of drug-likeness (QED) is 0.348. The van der Waals surface area contributed by atoms with Crippen molar-refractivity contribution in [1.29, 1.82) is 0 Å². The van der Waals surface area contributed by atoms with Crippen molar-refractivity contribution in [3.05, 3.63) is 100 Å². The maximum atomic E-state index is 12.6. The Kier molecular flexibility index (Phi) is 5.19. The van der Waals surface area contributed by atoms with Crippen LogP contribution in [0.5, 0.6) is 0 Å². The summed E-state index contributed by atoms with van der Waals surface area (Å²) >= 11 is 6.36. The minimum atomic E-state index is -0.238. The molecule has 144 valence electrons. The van der Waals surface area contributed by atoms with E-state index in [0.29, 0.717) is 10.6 Å². The monoisotopic (exact) mass is 401 g/mol. The van der Waals surface area contributed by atoms with Gasteiger partial charge in [-0.3, -0.25) is 4.79 Å². The van der Waals surface area contributed by atoms with E-state index in [0.717, 1.165) is 33.4 Å². The fourth-order valence-electron chi connectivity index (χ4n) is 3.57. The molecule has 3 aromatic carbocycles. The number of aryl methyl sites for hydroxylation is 1. The van der Waals surface area contributed by atoms with E-state index < -0.39 is 0 Å². The molecule has 1 heterocycles. The molecule has 0 saturated heterocycles. The minimum absolute atomic E-state index is 0.238. The van der Waals surface area contributed by atoms with Gasteiger partial charge in [0.25, 0.3) is 5.91 Å². The molecule has 4 rings (SSSR count). The van der Waals surface area contributed by atoms with E-state index in [4.69, 9.17) is 11.6 Å². The molecule has 0 unspecified atom stereocenters. The molecule has 0 spiro atoms. The summed E-state index contributed by atoms with van der Waals surface area (Å²) in [6, 6.07) is 23.2. The lowest BCUT2D eigenvalue weighted by molar-refractivity contribution is 0.0957. The molecule has 0 aliphatic carbocycles. The maximum absolute atomic E-state index is 12.6. The third-order valence-corrected chi connectivity index (χ3v) is 5.29. The topological polar surface area (TPSA) is 46.4 Å². The number of hydrazone groups is 1. The van der Waals surface area contributed by atoms with Gasteiger partial charge in [0, 0.05) is 22.5 Å². The molecular weight excluding hydrogens is 382 g/mol. The van der Waals surface area contributed by atoms with Crippen molar-refractivity contribution in [2.45, 2.75) is 13.8 Å². The normalized spacial score (nSPS) is 11.3. The number of halogens is 1. The zero-order valence-electron chi connectivity index (χ0n) is 16.2. The van der Waals surface area contributed by atoms with Crippen molar-refractivity contribution in [2.24, 2.45) is 5.10 Å². The number of aromatic nitrogens is 1. The van der Waals surface area contributed by atoms with Crippen LogP contribution in [-0.2, 0) is 0 Å². The first kappa shape index (κ1) is 19.0. The highest BCUT2D eigenvalue weighted by Crippen LogP contribution is 2.25. The molecule has 5 heteroatoms. The Morgan fingerprint density at radius 3 is 2.55 bits per heavy atom. The average Bonchev–Trinajstić information content (AvgIpc) is 3.01. The number of rotatable bonds is 4. The van der Waals surface area contributed by atoms with E-state index in [-0.39, 0.29) is 5.91 Å². The highest BCUT2D eigenvalue weighted by molar-refractivity contribution is 6.32. The average molecular weight is 402 g/mol. The SMILES string of the molecule is Cc1cc(/C=N\NC(=O)c2cccc3ccccc23)c(C)n1-c1ccccc1Cl. The molecule has 4 aromatic rings. The van der Waals surface area contributed by atoms with Crippen molar-refractivity contribution in [3.8, 4) is 5.69 Å². The minimum Gasteiger partial charge on any atom is -0.316 e. The van der Waals surface area contributed by atoms with Gasteiger partial charge in [0.15, 0.2) is 0 Å². The number of carbonyl (C=O) groups excluding carboxylic acids is 1. The molecule has 4 nitrogen and oxygen atoms in total. The molecule has 1 amide bonds. The van der Waals surface area contributed by atoms with Crippen LogP contribution in [0.1, 0.15) is 27.3 Å². The predicted molar refractivity (Wildman–Crippen MR) is 119 cm³/mol. The first-order valence-corrected chi connectivity index (χ1v) is 9.69. The van der Waals surface area contributed by atoms with Crippen LogP contribution < -0.4 is 5.43 Å². The Balaban J connectivity index is 1.58. The summed E-state index contributed by atoms with van der Waals surface area (Å²) in [5.41, 5.74) is 7.12. The summed E-state index contributed by atoms with van der Waals surface area (Å²) in [6.45, 7) is 4.02. The van der Waals surface area contributed by atoms with Crippen molar-refractivity contribution < 1.29 is 4.79 Å². The van der Waals surface area contributed by atoms with Crippen LogP contribution in [0, 0.1) is 13.8 Å². The number of fused-ring (bicyclic) bond motifs is 1. The largest absolute Gasteiger partial charge is 0.316 e. The number of para-hydroxylation sites is 1. The number of amides is 1. The van der Waals surface area contributed by atoms with Gasteiger partial charge in [-0.25, -0.2) is 5.43 Å². The molecule has 1 aromatic heterocycles. The van der Waals surface area contributed by atoms with Gasteiger partial charge in [-0.05, 0) is 48.9 Å². The summed E-state index contributed by atoms with van der Waals surface area (Å²) in [6.07, 6.45) is 1.67. The molecule has 1 N–H and O–H groups in total. The van der Waals surface area contributed by atoms with Gasteiger partial charge < -0.3 is 4.57 Å². The summed E-state index contributed by atoms with van der Waals surface area (Å²) < 4.78 is 2.08. The third kappa shape index (κ3) is 3.67. The molecule has 0 aliphatic rings. The van der Waals surface area contributed by atoms with E-state index in [1.165, 1.54) is 0 Å². The van der Waals surface area contributed by atoms with E-state index in [2.05, 4.69) is 15.1 Å². The number of benzene rings is 3. The van der Waals surface area contributed by atoms with Crippen LogP contribution in [0.4, 0.5) is 0 Å². The number of hydrogen-bond acceptors (Lipinski definition) is 2. The van der Waals surface area contributed by atoms with Crippen LogP contribution in [-0.4, -0.2) is 16.7 Å². The van der Waals surface area contributed by atoms with Crippen LogP contribution >= 0.6 is 11.6 Å². The van der Waals surface area contributed by atoms with Gasteiger partial charge in [-0.15, -0.1) is 0 Å². The number of carbonyl (C=O) groups is 1. The van der Waals surface area contributed by atoms with Crippen LogP contribution in [0.2, 0.25) is 5.02 Å². The van der Waals surface area contributed by atoms with Gasteiger partial charge >= 0.3 is 0 Å². The van der Waals surface area contributed by atoms with Crippen molar-refractivity contribution in [2.75, 3.05) is 0 Å². The highest BCUT2D eigenvalue weighted by atomic mass is 35.5. The Morgan fingerprint density at radius 1 is 1.00 bits per heavy atom. The van der Waals surface area contributed by atoms with Crippen LogP contribution in [0.15, 0.2) is 77.9 Å². The second-order valence-electron chi connectivity index (χ2n) is 6.84. The molecule has 0 saturated carbocycles. The molecule has 0 bridgehead atoms. The Morgan fingerprint density at radius 2 is 1.72 bits per heavy atom. The van der Waals surface area contributed by atoms with Crippen molar-refractivity contribution in [3.63, 3.8) is 0 Å². The Hall–Kier alpha value is -3.37. The van der Waals surface area contributed by atoms with Gasteiger partial charge in [-0.2, -0.15) is 5.10 Å². The third-order valence-electron chi connectivity index (χ3n) is 4.97. The summed E-state index contributed by atoms with van der Waals surface area (Å²) in [5.74, 6) is -0.238. The zero-order chi connectivity index (χ0) is 20.4. The second kappa shape index (κ2) is 7.94. The van der Waals surface area contributed by atoms with E-state index in [1.807, 2.05) is 80.6 Å². The van der Waals surface area contributed by atoms with Gasteiger partial charge in [-0.1, -0.05) is 60.1 Å². The molecule has 0 fully saturated rings. The Labute approximate surface area is 174 Å². The zero-order valence-corrected chi connectivity index (χ0v) is 16.9. The molecule has 0 atom stereocenters. The first-order chi connectivity index (χ1) is 14.1. The lowest BCUT2D eigenvalue weighted by Crippen LogP contribution is -2.18. The fraction of sp³-hybridized carbons (Fsp3) is 0.0833. The maximum Gasteiger partial charge on any atom is 0.271 e. The highest BCUT2D eigenvalue weighted by Gasteiger charge is 2.12. The molecular formula is C24H20ClN3O. The van der Waals surface area contributed by atoms with Gasteiger partial charge in [0.2, 0.25) is 0 Å².